The monoisotopic (exact) mass is 186 g/mol. The van der Waals surface area contributed by atoms with Crippen molar-refractivity contribution in [3.63, 3.8) is 0 Å². The molecule has 1 fully saturated rings. The van der Waals surface area contributed by atoms with Gasteiger partial charge in [-0.15, -0.1) is 0 Å². The topological polar surface area (TPSA) is 47.3 Å². The van der Waals surface area contributed by atoms with Crippen LogP contribution in [0, 0.1) is 0 Å². The van der Waals surface area contributed by atoms with Crippen LogP contribution in [-0.4, -0.2) is 31.3 Å². The van der Waals surface area contributed by atoms with E-state index < -0.39 is 0 Å². The van der Waals surface area contributed by atoms with Gasteiger partial charge in [-0.1, -0.05) is 0 Å². The molecule has 1 aliphatic heterocycles. The first-order chi connectivity index (χ1) is 6.16. The van der Waals surface area contributed by atoms with E-state index in [2.05, 4.69) is 19.2 Å². The zero-order valence-electron chi connectivity index (χ0n) is 8.81. The Morgan fingerprint density at radius 2 is 2.38 bits per heavy atom. The third kappa shape index (κ3) is 3.63. The summed E-state index contributed by atoms with van der Waals surface area (Å²) < 4.78 is 5.68. The zero-order valence-corrected chi connectivity index (χ0v) is 8.81. The van der Waals surface area contributed by atoms with Crippen LogP contribution in [0.5, 0.6) is 0 Å². The van der Waals surface area contributed by atoms with E-state index >= 15 is 0 Å². The second-order valence-electron chi connectivity index (χ2n) is 4.26. The Balaban J connectivity index is 2.17. The van der Waals surface area contributed by atoms with E-state index in [4.69, 9.17) is 10.5 Å². The van der Waals surface area contributed by atoms with Crippen molar-refractivity contribution >= 4 is 0 Å². The average molecular weight is 186 g/mol. The Morgan fingerprint density at radius 3 is 2.92 bits per heavy atom. The van der Waals surface area contributed by atoms with Gasteiger partial charge in [-0.25, -0.2) is 0 Å². The van der Waals surface area contributed by atoms with E-state index in [1.807, 2.05) is 0 Å². The lowest BCUT2D eigenvalue weighted by Gasteiger charge is -2.25. The van der Waals surface area contributed by atoms with Crippen LogP contribution in [0.25, 0.3) is 0 Å². The van der Waals surface area contributed by atoms with Gasteiger partial charge in [0, 0.05) is 19.2 Å². The van der Waals surface area contributed by atoms with E-state index in [0.717, 1.165) is 26.1 Å². The molecule has 0 amide bonds. The zero-order chi connectivity index (χ0) is 9.73. The van der Waals surface area contributed by atoms with Gasteiger partial charge in [-0.3, -0.25) is 0 Å². The van der Waals surface area contributed by atoms with Crippen LogP contribution in [-0.2, 0) is 4.74 Å². The fraction of sp³-hybridized carbons (Fsp3) is 1.00. The number of ether oxygens (including phenoxy) is 1. The van der Waals surface area contributed by atoms with Gasteiger partial charge >= 0.3 is 0 Å². The Bertz CT molecular complexity index is 144. The van der Waals surface area contributed by atoms with E-state index in [1.54, 1.807) is 0 Å². The van der Waals surface area contributed by atoms with Crippen LogP contribution in [0.3, 0.4) is 0 Å². The van der Waals surface area contributed by atoms with Crippen LogP contribution in [0.4, 0.5) is 0 Å². The van der Waals surface area contributed by atoms with Gasteiger partial charge < -0.3 is 15.8 Å². The molecule has 1 rings (SSSR count). The Kier molecular flexibility index (Phi) is 4.16. The van der Waals surface area contributed by atoms with Crippen LogP contribution in [0.15, 0.2) is 0 Å². The number of hydrogen-bond acceptors (Lipinski definition) is 3. The van der Waals surface area contributed by atoms with Crippen molar-refractivity contribution in [2.24, 2.45) is 5.73 Å². The molecule has 1 heterocycles. The lowest BCUT2D eigenvalue weighted by Crippen LogP contribution is -2.41. The normalized spacial score (nSPS) is 30.7. The van der Waals surface area contributed by atoms with E-state index in [9.17, 15) is 0 Å². The van der Waals surface area contributed by atoms with Gasteiger partial charge in [-0.05, 0) is 39.7 Å². The highest BCUT2D eigenvalue weighted by atomic mass is 16.5. The minimum absolute atomic E-state index is 0.0723. The fourth-order valence-electron chi connectivity index (χ4n) is 1.72. The molecule has 0 saturated carbocycles. The summed E-state index contributed by atoms with van der Waals surface area (Å²) in [6.45, 7) is 6.98. The minimum atomic E-state index is 0.0723. The smallest absolute Gasteiger partial charge is 0.0779 e. The third-order valence-electron chi connectivity index (χ3n) is 2.72. The van der Waals surface area contributed by atoms with Crippen molar-refractivity contribution in [3.8, 4) is 0 Å². The van der Waals surface area contributed by atoms with E-state index in [0.29, 0.717) is 6.04 Å². The molecule has 0 aromatic heterocycles. The Labute approximate surface area is 81.0 Å². The molecule has 0 aliphatic carbocycles. The molecule has 13 heavy (non-hydrogen) atoms. The molecule has 3 N–H and O–H groups in total. The van der Waals surface area contributed by atoms with Gasteiger partial charge in [0.25, 0.3) is 0 Å². The number of rotatable bonds is 5. The number of nitrogens with one attached hydrogen (secondary N) is 1. The molecule has 0 radical (unpaired) electrons. The highest BCUT2D eigenvalue weighted by Gasteiger charge is 2.29. The molecule has 3 heteroatoms. The number of hydrogen-bond donors (Lipinski definition) is 2. The summed E-state index contributed by atoms with van der Waals surface area (Å²) in [6, 6.07) is 0.506. The summed E-state index contributed by atoms with van der Waals surface area (Å²) in [5, 5.41) is 3.46. The fourth-order valence-corrected chi connectivity index (χ4v) is 1.72. The molecular weight excluding hydrogens is 164 g/mol. The highest BCUT2D eigenvalue weighted by Crippen LogP contribution is 2.23. The first-order valence-electron chi connectivity index (χ1n) is 5.24. The van der Waals surface area contributed by atoms with Crippen molar-refractivity contribution < 1.29 is 4.74 Å². The maximum absolute atomic E-state index is 5.68. The molecule has 0 aromatic carbocycles. The molecule has 2 unspecified atom stereocenters. The van der Waals surface area contributed by atoms with E-state index in [-0.39, 0.29) is 5.60 Å². The first-order valence-corrected chi connectivity index (χ1v) is 5.24. The van der Waals surface area contributed by atoms with Gasteiger partial charge in [0.15, 0.2) is 0 Å². The Hall–Kier alpha value is -0.120. The standard InChI is InChI=1S/C10H22N2O/c1-9(4-6-11)12-8-10(2)5-3-7-13-10/h9,12H,3-8,11H2,1-2H3. The van der Waals surface area contributed by atoms with Crippen LogP contribution in [0.2, 0.25) is 0 Å². The lowest BCUT2D eigenvalue weighted by atomic mass is 10.0. The SMILES string of the molecule is CC(CCN)NCC1(C)CCCO1. The van der Waals surface area contributed by atoms with Crippen molar-refractivity contribution in [1.82, 2.24) is 5.32 Å². The third-order valence-corrected chi connectivity index (χ3v) is 2.72. The quantitative estimate of drug-likeness (QED) is 0.670. The largest absolute Gasteiger partial charge is 0.374 e. The second kappa shape index (κ2) is 4.94. The van der Waals surface area contributed by atoms with Crippen molar-refractivity contribution in [3.05, 3.63) is 0 Å². The van der Waals surface area contributed by atoms with Crippen molar-refractivity contribution in [2.45, 2.75) is 44.8 Å². The molecule has 0 aromatic rings. The van der Waals surface area contributed by atoms with Gasteiger partial charge in [0.05, 0.1) is 5.60 Å². The molecule has 0 spiro atoms. The first kappa shape index (κ1) is 11.0. The molecule has 1 saturated heterocycles. The van der Waals surface area contributed by atoms with Gasteiger partial charge in [0.1, 0.15) is 0 Å². The summed E-state index contributed by atoms with van der Waals surface area (Å²) in [4.78, 5) is 0. The van der Waals surface area contributed by atoms with Crippen LogP contribution in [0.1, 0.15) is 33.1 Å². The number of nitrogens with two attached hydrogens (primary N) is 1. The van der Waals surface area contributed by atoms with Crippen LogP contribution < -0.4 is 11.1 Å². The van der Waals surface area contributed by atoms with Crippen molar-refractivity contribution in [1.29, 1.82) is 0 Å². The predicted molar refractivity (Wildman–Crippen MR) is 54.7 cm³/mol. The summed E-state index contributed by atoms with van der Waals surface area (Å²) in [6.07, 6.45) is 3.41. The molecule has 0 bridgehead atoms. The Morgan fingerprint density at radius 1 is 1.62 bits per heavy atom. The summed E-state index contributed by atoms with van der Waals surface area (Å²) in [5.41, 5.74) is 5.55. The minimum Gasteiger partial charge on any atom is -0.374 e. The molecule has 2 atom stereocenters. The van der Waals surface area contributed by atoms with Gasteiger partial charge in [0.2, 0.25) is 0 Å². The van der Waals surface area contributed by atoms with Crippen molar-refractivity contribution in [2.75, 3.05) is 19.7 Å². The molecule has 1 aliphatic rings. The maximum Gasteiger partial charge on any atom is 0.0779 e. The van der Waals surface area contributed by atoms with Gasteiger partial charge in [-0.2, -0.15) is 0 Å². The second-order valence-corrected chi connectivity index (χ2v) is 4.26. The maximum atomic E-state index is 5.68. The molecule has 78 valence electrons. The average Bonchev–Trinajstić information content (AvgIpc) is 2.51. The molecule has 3 nitrogen and oxygen atoms in total. The highest BCUT2D eigenvalue weighted by molar-refractivity contribution is 4.83. The summed E-state index contributed by atoms with van der Waals surface area (Å²) in [7, 11) is 0. The molecular formula is C10H22N2O. The summed E-state index contributed by atoms with van der Waals surface area (Å²) >= 11 is 0. The lowest BCUT2D eigenvalue weighted by molar-refractivity contribution is 0.0190. The van der Waals surface area contributed by atoms with E-state index in [1.165, 1.54) is 12.8 Å². The summed E-state index contributed by atoms with van der Waals surface area (Å²) in [5.74, 6) is 0. The predicted octanol–water partition coefficient (Wildman–Crippen LogP) is 0.882. The van der Waals surface area contributed by atoms with Crippen LogP contribution >= 0.6 is 0 Å².